The lowest BCUT2D eigenvalue weighted by Crippen LogP contribution is -2.30. The summed E-state index contributed by atoms with van der Waals surface area (Å²) in [5.74, 6) is 0.153. The zero-order chi connectivity index (χ0) is 23.2. The Morgan fingerprint density at radius 2 is 1.67 bits per heavy atom. The number of halogens is 1. The van der Waals surface area contributed by atoms with Crippen molar-refractivity contribution in [2.24, 2.45) is 0 Å². The average Bonchev–Trinajstić information content (AvgIpc) is 2.85. The number of hydrogen-bond acceptors (Lipinski definition) is 3. The van der Waals surface area contributed by atoms with Gasteiger partial charge in [0.1, 0.15) is 5.75 Å². The highest BCUT2D eigenvalue weighted by molar-refractivity contribution is 9.10. The van der Waals surface area contributed by atoms with E-state index in [4.69, 9.17) is 4.74 Å². The number of hydrogen-bond donors (Lipinski definition) is 1. The van der Waals surface area contributed by atoms with Crippen LogP contribution in [0.25, 0.3) is 10.8 Å². The summed E-state index contributed by atoms with van der Waals surface area (Å²) in [5, 5.41) is 4.91. The molecular formula is C27H23BrN2O3. The third kappa shape index (κ3) is 5.23. The molecule has 0 aliphatic carbocycles. The minimum absolute atomic E-state index is 0.129. The molecule has 33 heavy (non-hydrogen) atoms. The molecule has 0 unspecified atom stereocenters. The van der Waals surface area contributed by atoms with Gasteiger partial charge in [-0.15, -0.1) is 0 Å². The third-order valence-corrected chi connectivity index (χ3v) is 6.03. The second-order valence-electron chi connectivity index (χ2n) is 7.40. The van der Waals surface area contributed by atoms with Crippen molar-refractivity contribution in [3.05, 3.63) is 101 Å². The topological polar surface area (TPSA) is 58.6 Å². The molecule has 5 nitrogen and oxygen atoms in total. The Bertz CT molecular complexity index is 1290. The van der Waals surface area contributed by atoms with E-state index in [1.54, 1.807) is 29.2 Å². The maximum atomic E-state index is 13.1. The van der Waals surface area contributed by atoms with Crippen LogP contribution in [0.5, 0.6) is 5.75 Å². The molecule has 0 saturated heterocycles. The highest BCUT2D eigenvalue weighted by Gasteiger charge is 2.17. The van der Waals surface area contributed by atoms with E-state index in [0.717, 1.165) is 20.9 Å². The molecule has 0 aromatic heterocycles. The molecule has 0 radical (unpaired) electrons. The summed E-state index contributed by atoms with van der Waals surface area (Å²) in [4.78, 5) is 27.3. The Morgan fingerprint density at radius 3 is 2.45 bits per heavy atom. The van der Waals surface area contributed by atoms with E-state index in [9.17, 15) is 9.59 Å². The Hall–Kier alpha value is -3.64. The summed E-state index contributed by atoms with van der Waals surface area (Å²) in [6.45, 7) is 2.31. The van der Waals surface area contributed by atoms with Crippen LogP contribution in [-0.4, -0.2) is 25.0 Å². The number of nitrogens with one attached hydrogen (secondary N) is 1. The van der Waals surface area contributed by atoms with Crippen molar-refractivity contribution in [2.75, 3.05) is 23.4 Å². The van der Waals surface area contributed by atoms with Crippen LogP contribution in [0.3, 0.4) is 0 Å². The van der Waals surface area contributed by atoms with Gasteiger partial charge in [-0.05, 0) is 70.0 Å². The molecular weight excluding hydrogens is 480 g/mol. The molecule has 6 heteroatoms. The van der Waals surface area contributed by atoms with Crippen molar-refractivity contribution >= 4 is 49.9 Å². The van der Waals surface area contributed by atoms with Crippen LogP contribution in [0.1, 0.15) is 17.3 Å². The van der Waals surface area contributed by atoms with E-state index in [1.165, 1.54) is 0 Å². The molecule has 166 valence electrons. The van der Waals surface area contributed by atoms with Crippen molar-refractivity contribution < 1.29 is 14.3 Å². The highest BCUT2D eigenvalue weighted by atomic mass is 79.9. The van der Waals surface area contributed by atoms with Gasteiger partial charge in [0.15, 0.2) is 6.61 Å². The van der Waals surface area contributed by atoms with Crippen LogP contribution < -0.4 is 15.0 Å². The zero-order valence-corrected chi connectivity index (χ0v) is 19.7. The summed E-state index contributed by atoms with van der Waals surface area (Å²) < 4.78 is 6.54. The monoisotopic (exact) mass is 502 g/mol. The van der Waals surface area contributed by atoms with E-state index >= 15 is 0 Å². The predicted octanol–water partition coefficient (Wildman–Crippen LogP) is 6.29. The van der Waals surface area contributed by atoms with Gasteiger partial charge in [0.05, 0.1) is 4.47 Å². The average molecular weight is 503 g/mol. The molecule has 0 spiro atoms. The first-order valence-corrected chi connectivity index (χ1v) is 11.4. The van der Waals surface area contributed by atoms with Crippen LogP contribution in [0, 0.1) is 0 Å². The molecule has 4 aromatic carbocycles. The summed E-state index contributed by atoms with van der Waals surface area (Å²) in [7, 11) is 0. The van der Waals surface area contributed by atoms with E-state index < -0.39 is 0 Å². The minimum Gasteiger partial charge on any atom is -0.483 e. The molecule has 0 atom stereocenters. The molecule has 0 fully saturated rings. The summed E-state index contributed by atoms with van der Waals surface area (Å²) >= 11 is 3.56. The summed E-state index contributed by atoms with van der Waals surface area (Å²) in [6, 6.07) is 28.2. The number of anilines is 2. The van der Waals surface area contributed by atoms with Crippen LogP contribution in [0.2, 0.25) is 0 Å². The lowest BCUT2D eigenvalue weighted by Gasteiger charge is -2.21. The van der Waals surface area contributed by atoms with Crippen molar-refractivity contribution in [1.29, 1.82) is 0 Å². The van der Waals surface area contributed by atoms with Crippen LogP contribution in [0.4, 0.5) is 11.4 Å². The fourth-order valence-corrected chi connectivity index (χ4v) is 4.21. The normalized spacial score (nSPS) is 10.6. The number of carbonyl (C=O) groups is 2. The van der Waals surface area contributed by atoms with Gasteiger partial charge in [-0.3, -0.25) is 9.59 Å². The SMILES string of the molecule is CCN(C(=O)c1cccc(NC(=O)COc2ccc3ccccc3c2Br)c1)c1ccccc1. The Labute approximate surface area is 201 Å². The number of rotatable bonds is 7. The van der Waals surface area contributed by atoms with E-state index in [0.29, 0.717) is 23.5 Å². The Kier molecular flexibility index (Phi) is 7.05. The number of ether oxygens (including phenoxy) is 1. The standard InChI is InChI=1S/C27H23BrN2O3/c1-2-30(22-12-4-3-5-13-22)27(32)20-10-8-11-21(17-20)29-25(31)18-33-24-16-15-19-9-6-7-14-23(19)26(24)28/h3-17H,2,18H2,1H3,(H,29,31). The smallest absolute Gasteiger partial charge is 0.262 e. The van der Waals surface area contributed by atoms with Crippen molar-refractivity contribution in [2.45, 2.75) is 6.92 Å². The van der Waals surface area contributed by atoms with Gasteiger partial charge in [-0.1, -0.05) is 54.6 Å². The van der Waals surface area contributed by atoms with Crippen LogP contribution in [-0.2, 0) is 4.79 Å². The number of para-hydroxylation sites is 1. The first-order chi connectivity index (χ1) is 16.1. The van der Waals surface area contributed by atoms with Gasteiger partial charge in [0.2, 0.25) is 0 Å². The molecule has 4 rings (SSSR count). The fraction of sp³-hybridized carbons (Fsp3) is 0.111. The first kappa shape index (κ1) is 22.6. The largest absolute Gasteiger partial charge is 0.483 e. The van der Waals surface area contributed by atoms with Crippen molar-refractivity contribution in [3.8, 4) is 5.75 Å². The number of benzene rings is 4. The minimum atomic E-state index is -0.310. The molecule has 1 N–H and O–H groups in total. The van der Waals surface area contributed by atoms with Gasteiger partial charge in [-0.25, -0.2) is 0 Å². The first-order valence-electron chi connectivity index (χ1n) is 10.6. The van der Waals surface area contributed by atoms with Gasteiger partial charge in [0.25, 0.3) is 11.8 Å². The Balaban J connectivity index is 1.42. The predicted molar refractivity (Wildman–Crippen MR) is 136 cm³/mol. The van der Waals surface area contributed by atoms with Gasteiger partial charge in [0, 0.05) is 23.5 Å². The summed E-state index contributed by atoms with van der Waals surface area (Å²) in [5.41, 5.74) is 1.86. The summed E-state index contributed by atoms with van der Waals surface area (Å²) in [6.07, 6.45) is 0. The van der Waals surface area contributed by atoms with Crippen LogP contribution >= 0.6 is 15.9 Å². The number of nitrogens with zero attached hydrogens (tertiary/aromatic N) is 1. The molecule has 2 amide bonds. The molecule has 4 aromatic rings. The maximum Gasteiger partial charge on any atom is 0.262 e. The van der Waals surface area contributed by atoms with Gasteiger partial charge >= 0.3 is 0 Å². The van der Waals surface area contributed by atoms with Gasteiger partial charge < -0.3 is 15.0 Å². The third-order valence-electron chi connectivity index (χ3n) is 5.21. The van der Waals surface area contributed by atoms with Crippen LogP contribution in [0.15, 0.2) is 95.5 Å². The van der Waals surface area contributed by atoms with E-state index in [2.05, 4.69) is 21.2 Å². The number of amides is 2. The van der Waals surface area contributed by atoms with Crippen molar-refractivity contribution in [1.82, 2.24) is 0 Å². The Morgan fingerprint density at radius 1 is 0.909 bits per heavy atom. The van der Waals surface area contributed by atoms with E-state index in [1.807, 2.05) is 73.7 Å². The van der Waals surface area contributed by atoms with E-state index in [-0.39, 0.29) is 18.4 Å². The molecule has 0 bridgehead atoms. The van der Waals surface area contributed by atoms with Gasteiger partial charge in [-0.2, -0.15) is 0 Å². The molecule has 0 aliphatic heterocycles. The fourth-order valence-electron chi connectivity index (χ4n) is 3.60. The lowest BCUT2D eigenvalue weighted by atomic mass is 10.1. The quantitative estimate of drug-likeness (QED) is 0.323. The molecule has 0 aliphatic rings. The second-order valence-corrected chi connectivity index (χ2v) is 8.19. The molecule has 0 heterocycles. The number of fused-ring (bicyclic) bond motifs is 1. The number of carbonyl (C=O) groups excluding carboxylic acids is 2. The van der Waals surface area contributed by atoms with Crippen molar-refractivity contribution in [3.63, 3.8) is 0 Å². The maximum absolute atomic E-state index is 13.1. The second kappa shape index (κ2) is 10.3. The highest BCUT2D eigenvalue weighted by Crippen LogP contribution is 2.33. The zero-order valence-electron chi connectivity index (χ0n) is 18.1. The lowest BCUT2D eigenvalue weighted by molar-refractivity contribution is -0.118. The molecule has 0 saturated carbocycles.